The Morgan fingerprint density at radius 3 is 2.20 bits per heavy atom. The van der Waals surface area contributed by atoms with Crippen LogP contribution in [0.2, 0.25) is 0 Å². The largest absolute Gasteiger partial charge is 0.497 e. The van der Waals surface area contributed by atoms with E-state index in [1.807, 2.05) is 12.1 Å². The fourth-order valence-corrected chi connectivity index (χ4v) is 4.20. The number of aromatic nitrogens is 1. The van der Waals surface area contributed by atoms with Crippen LogP contribution < -0.4 is 18.9 Å². The smallest absolute Gasteiger partial charge is 0.335 e. The van der Waals surface area contributed by atoms with Gasteiger partial charge >= 0.3 is 11.9 Å². The third kappa shape index (κ3) is 10.5. The van der Waals surface area contributed by atoms with Crippen LogP contribution in [-0.4, -0.2) is 48.0 Å². The summed E-state index contributed by atoms with van der Waals surface area (Å²) in [6.45, 7) is 0.500. The molecule has 0 atom stereocenters. The number of pyridine rings is 1. The number of rotatable bonds is 18. The van der Waals surface area contributed by atoms with E-state index in [9.17, 15) is 14.7 Å². The number of benzene rings is 2. The first-order chi connectivity index (χ1) is 19.9. The number of nitrogens with zero attached hydrogens (tertiary/aromatic N) is 1. The lowest BCUT2D eigenvalue weighted by atomic mass is 10.0. The Bertz CT molecular complexity index is 1300. The molecule has 0 unspecified atom stereocenters. The normalized spacial score (nSPS) is 10.9. The number of unbranched alkanes of at least 4 members (excludes halogenated alkanes) is 5. The number of aromatic carboxylic acids is 1. The van der Waals surface area contributed by atoms with Gasteiger partial charge in [0.2, 0.25) is 5.88 Å². The van der Waals surface area contributed by atoms with E-state index in [1.54, 1.807) is 25.3 Å². The minimum atomic E-state index is -1.11. The zero-order chi connectivity index (χ0) is 29.5. The van der Waals surface area contributed by atoms with Gasteiger partial charge in [0.15, 0.2) is 0 Å². The zero-order valence-corrected chi connectivity index (χ0v) is 23.5. The van der Waals surface area contributed by atoms with Gasteiger partial charge in [-0.3, -0.25) is 0 Å². The maximum atomic E-state index is 11.3. The van der Waals surface area contributed by atoms with E-state index in [4.69, 9.17) is 24.1 Å². The summed E-state index contributed by atoms with van der Waals surface area (Å²) < 4.78 is 22.2. The minimum Gasteiger partial charge on any atom is -0.497 e. The Morgan fingerprint density at radius 1 is 0.805 bits per heavy atom. The molecule has 0 aliphatic rings. The molecule has 2 N–H and O–H groups in total. The van der Waals surface area contributed by atoms with E-state index in [0.717, 1.165) is 50.4 Å². The predicted octanol–water partition coefficient (Wildman–Crippen LogP) is 6.44. The molecule has 41 heavy (non-hydrogen) atoms. The Morgan fingerprint density at radius 2 is 1.51 bits per heavy atom. The summed E-state index contributed by atoms with van der Waals surface area (Å²) in [5.74, 6) is -0.105. The molecule has 9 heteroatoms. The molecule has 9 nitrogen and oxygen atoms in total. The molecule has 0 spiro atoms. The number of methoxy groups -OCH3 is 2. The van der Waals surface area contributed by atoms with E-state index in [2.05, 4.69) is 17.1 Å². The van der Waals surface area contributed by atoms with Crippen molar-refractivity contribution in [3.63, 3.8) is 0 Å². The van der Waals surface area contributed by atoms with Crippen molar-refractivity contribution in [1.82, 2.24) is 4.98 Å². The fraction of sp³-hybridized carbons (Fsp3) is 0.344. The molecule has 1 heterocycles. The number of hydrogen-bond donors (Lipinski definition) is 2. The molecule has 0 bridgehead atoms. The van der Waals surface area contributed by atoms with Crippen molar-refractivity contribution in [2.45, 2.75) is 51.6 Å². The van der Waals surface area contributed by atoms with Gasteiger partial charge in [-0.15, -0.1) is 0 Å². The Balaban J connectivity index is 1.46. The summed E-state index contributed by atoms with van der Waals surface area (Å²) >= 11 is 0. The van der Waals surface area contributed by atoms with Crippen molar-refractivity contribution in [2.24, 2.45) is 0 Å². The van der Waals surface area contributed by atoms with E-state index in [1.165, 1.54) is 37.3 Å². The molecule has 0 saturated heterocycles. The number of aliphatic carboxylic acids is 1. The van der Waals surface area contributed by atoms with Gasteiger partial charge in [-0.2, -0.15) is 0 Å². The van der Waals surface area contributed by atoms with Gasteiger partial charge in [0.05, 0.1) is 26.4 Å². The Hall–Kier alpha value is -4.53. The first-order valence-electron chi connectivity index (χ1n) is 13.6. The molecule has 0 saturated carbocycles. The third-order valence-corrected chi connectivity index (χ3v) is 6.42. The first-order valence-corrected chi connectivity index (χ1v) is 13.6. The van der Waals surface area contributed by atoms with Gasteiger partial charge in [-0.1, -0.05) is 37.8 Å². The van der Waals surface area contributed by atoms with E-state index in [0.29, 0.717) is 29.4 Å². The average molecular weight is 564 g/mol. The molecular formula is C32H37NO8. The summed E-state index contributed by atoms with van der Waals surface area (Å²) in [6, 6.07) is 16.0. The summed E-state index contributed by atoms with van der Waals surface area (Å²) in [5.41, 5.74) is 2.30. The van der Waals surface area contributed by atoms with E-state index in [-0.39, 0.29) is 18.1 Å². The third-order valence-electron chi connectivity index (χ3n) is 6.42. The summed E-state index contributed by atoms with van der Waals surface area (Å²) in [4.78, 5) is 26.8. The Labute approximate surface area is 240 Å². The van der Waals surface area contributed by atoms with Crippen LogP contribution in [-0.2, 0) is 17.8 Å². The Kier molecular flexibility index (Phi) is 12.5. The van der Waals surface area contributed by atoms with Crippen LogP contribution in [0.1, 0.15) is 65.7 Å². The number of aryl methyl sites for hydroxylation is 1. The molecule has 0 radical (unpaired) electrons. The summed E-state index contributed by atoms with van der Waals surface area (Å²) in [6.07, 6.45) is 9.94. The molecule has 1 aromatic heterocycles. The highest BCUT2D eigenvalue weighted by molar-refractivity contribution is 5.88. The van der Waals surface area contributed by atoms with Gasteiger partial charge in [0, 0.05) is 17.7 Å². The van der Waals surface area contributed by atoms with Gasteiger partial charge in [0.25, 0.3) is 0 Å². The molecule has 0 fully saturated rings. The van der Waals surface area contributed by atoms with Crippen molar-refractivity contribution in [2.75, 3.05) is 20.8 Å². The van der Waals surface area contributed by atoms with Gasteiger partial charge in [-0.25, -0.2) is 14.6 Å². The molecular weight excluding hydrogens is 526 g/mol. The number of carboxylic acids is 2. The van der Waals surface area contributed by atoms with Crippen molar-refractivity contribution >= 4 is 18.0 Å². The fourth-order valence-electron chi connectivity index (χ4n) is 4.20. The maximum Gasteiger partial charge on any atom is 0.335 e. The SMILES string of the molecule is COc1ccc(CCCCCCCCOc2ccc(OCc3cc(C(=O)O)ccc3OC)nc2C=CC(=O)O)cc1. The highest BCUT2D eigenvalue weighted by Crippen LogP contribution is 2.25. The molecule has 2 aromatic carbocycles. The molecule has 0 amide bonds. The van der Waals surface area contributed by atoms with Crippen LogP contribution >= 0.6 is 0 Å². The van der Waals surface area contributed by atoms with Crippen LogP contribution in [0.3, 0.4) is 0 Å². The monoisotopic (exact) mass is 563 g/mol. The summed E-state index contributed by atoms with van der Waals surface area (Å²) in [5, 5.41) is 18.4. The van der Waals surface area contributed by atoms with Gasteiger partial charge in [-0.05, 0) is 67.3 Å². The molecule has 218 valence electrons. The first kappa shape index (κ1) is 31.0. The second-order valence-corrected chi connectivity index (χ2v) is 9.39. The summed E-state index contributed by atoms with van der Waals surface area (Å²) in [7, 11) is 3.16. The number of hydrogen-bond acceptors (Lipinski definition) is 7. The minimum absolute atomic E-state index is 0.0136. The molecule has 3 rings (SSSR count). The average Bonchev–Trinajstić information content (AvgIpc) is 2.98. The van der Waals surface area contributed by atoms with Crippen molar-refractivity contribution in [1.29, 1.82) is 0 Å². The number of carbonyl (C=O) groups is 2. The zero-order valence-electron chi connectivity index (χ0n) is 23.5. The van der Waals surface area contributed by atoms with Crippen molar-refractivity contribution in [3.05, 3.63) is 83.1 Å². The van der Waals surface area contributed by atoms with Crippen LogP contribution in [0.5, 0.6) is 23.1 Å². The van der Waals surface area contributed by atoms with E-state index < -0.39 is 11.9 Å². The lowest BCUT2D eigenvalue weighted by molar-refractivity contribution is -0.131. The molecule has 0 aliphatic carbocycles. The second-order valence-electron chi connectivity index (χ2n) is 9.39. The lowest BCUT2D eigenvalue weighted by Crippen LogP contribution is -2.05. The second kappa shape index (κ2) is 16.5. The van der Waals surface area contributed by atoms with Gasteiger partial charge < -0.3 is 29.2 Å². The van der Waals surface area contributed by atoms with Crippen LogP contribution in [0.25, 0.3) is 6.08 Å². The predicted molar refractivity (Wildman–Crippen MR) is 155 cm³/mol. The molecule has 0 aliphatic heterocycles. The van der Waals surface area contributed by atoms with Crippen LogP contribution in [0.15, 0.2) is 60.7 Å². The van der Waals surface area contributed by atoms with Crippen LogP contribution in [0, 0.1) is 0 Å². The highest BCUT2D eigenvalue weighted by atomic mass is 16.5. The van der Waals surface area contributed by atoms with Crippen molar-refractivity contribution < 1.29 is 38.7 Å². The van der Waals surface area contributed by atoms with Crippen LogP contribution in [0.4, 0.5) is 0 Å². The van der Waals surface area contributed by atoms with Gasteiger partial charge in [0.1, 0.15) is 29.5 Å². The quantitative estimate of drug-likeness (QED) is 0.133. The maximum absolute atomic E-state index is 11.3. The highest BCUT2D eigenvalue weighted by Gasteiger charge is 2.12. The number of ether oxygens (including phenoxy) is 4. The topological polar surface area (TPSA) is 124 Å². The molecule has 3 aromatic rings. The standard InChI is InChI=1S/C32H37NO8/c1-38-26-13-10-23(11-14-26)9-7-5-3-4-6-8-20-40-29-17-18-30(33-27(29)15-19-31(34)35)41-22-25-21-24(32(36)37)12-16-28(25)39-2/h10-19,21H,3-9,20,22H2,1-2H3,(H,34,35)(H,36,37). The van der Waals surface area contributed by atoms with Crippen molar-refractivity contribution in [3.8, 4) is 23.1 Å². The van der Waals surface area contributed by atoms with E-state index >= 15 is 0 Å². The lowest BCUT2D eigenvalue weighted by Gasteiger charge is -2.13. The number of carboxylic acid groups (broad SMARTS) is 2.